The van der Waals surface area contributed by atoms with Crippen molar-refractivity contribution in [3.63, 3.8) is 0 Å². The van der Waals surface area contributed by atoms with Crippen LogP contribution in [0.2, 0.25) is 0 Å². The fraction of sp³-hybridized carbons (Fsp3) is 0.450. The Bertz CT molecular complexity index is 774. The molecule has 2 aromatic rings. The quantitative estimate of drug-likeness (QED) is 0.755. The van der Waals surface area contributed by atoms with Crippen molar-refractivity contribution in [1.29, 1.82) is 0 Å². The Morgan fingerprint density at radius 2 is 1.81 bits per heavy atom. The van der Waals surface area contributed by atoms with Gasteiger partial charge in [-0.15, -0.1) is 0 Å². The monoisotopic (exact) mass is 370 g/mol. The summed E-state index contributed by atoms with van der Waals surface area (Å²) in [6, 6.07) is 7.30. The highest BCUT2D eigenvalue weighted by molar-refractivity contribution is 5.93. The molecule has 1 aromatic heterocycles. The minimum atomic E-state index is -0.162. The summed E-state index contributed by atoms with van der Waals surface area (Å²) in [5.41, 5.74) is 1.05. The normalized spacial score (nSPS) is 14.9. The molecule has 2 N–H and O–H groups in total. The van der Waals surface area contributed by atoms with E-state index in [0.29, 0.717) is 28.7 Å². The Morgan fingerprint density at radius 3 is 2.52 bits per heavy atom. The van der Waals surface area contributed by atoms with Gasteiger partial charge in [-0.3, -0.25) is 4.79 Å². The molecule has 0 atom stereocenters. The Hall–Kier alpha value is -2.83. The van der Waals surface area contributed by atoms with Crippen molar-refractivity contribution in [3.05, 3.63) is 36.3 Å². The van der Waals surface area contributed by atoms with Crippen molar-refractivity contribution < 1.29 is 14.3 Å². The second-order valence-electron chi connectivity index (χ2n) is 6.64. The molecule has 1 aliphatic rings. The SMILES string of the molecule is COc1ccc(OC)c(Nc2cc(C(=O)NC3CCCCCC3)ncn2)c1. The van der Waals surface area contributed by atoms with E-state index >= 15 is 0 Å². The van der Waals surface area contributed by atoms with Crippen LogP contribution in [0.4, 0.5) is 11.5 Å². The molecular formula is C20H26N4O3. The zero-order valence-electron chi connectivity index (χ0n) is 15.8. The van der Waals surface area contributed by atoms with Gasteiger partial charge in [0, 0.05) is 18.2 Å². The van der Waals surface area contributed by atoms with Gasteiger partial charge in [-0.05, 0) is 25.0 Å². The Labute approximate surface area is 159 Å². The van der Waals surface area contributed by atoms with Crippen LogP contribution >= 0.6 is 0 Å². The number of nitrogens with one attached hydrogen (secondary N) is 2. The largest absolute Gasteiger partial charge is 0.497 e. The molecule has 0 aliphatic heterocycles. The number of carbonyl (C=O) groups excluding carboxylic acids is 1. The molecule has 144 valence electrons. The summed E-state index contributed by atoms with van der Waals surface area (Å²) in [4.78, 5) is 20.9. The van der Waals surface area contributed by atoms with Crippen LogP contribution in [0, 0.1) is 0 Å². The highest BCUT2D eigenvalue weighted by Gasteiger charge is 2.17. The van der Waals surface area contributed by atoms with Gasteiger partial charge >= 0.3 is 0 Å². The van der Waals surface area contributed by atoms with E-state index < -0.39 is 0 Å². The van der Waals surface area contributed by atoms with Crippen LogP contribution in [0.5, 0.6) is 11.5 Å². The zero-order chi connectivity index (χ0) is 19.1. The van der Waals surface area contributed by atoms with Crippen LogP contribution in [-0.2, 0) is 0 Å². The van der Waals surface area contributed by atoms with E-state index in [1.54, 1.807) is 20.3 Å². The number of methoxy groups -OCH3 is 2. The standard InChI is InChI=1S/C20H26N4O3/c1-26-15-9-10-18(27-2)16(11-15)24-19-12-17(21-13-22-19)20(25)23-14-7-5-3-4-6-8-14/h9-14H,3-8H2,1-2H3,(H,23,25)(H,21,22,24). The third-order valence-electron chi connectivity index (χ3n) is 4.76. The van der Waals surface area contributed by atoms with Crippen molar-refractivity contribution >= 4 is 17.4 Å². The van der Waals surface area contributed by atoms with Gasteiger partial charge < -0.3 is 20.1 Å². The lowest BCUT2D eigenvalue weighted by Gasteiger charge is -2.16. The Morgan fingerprint density at radius 1 is 1.04 bits per heavy atom. The minimum Gasteiger partial charge on any atom is -0.497 e. The van der Waals surface area contributed by atoms with Crippen molar-refractivity contribution in [2.45, 2.75) is 44.6 Å². The molecule has 3 rings (SSSR count). The van der Waals surface area contributed by atoms with Gasteiger partial charge in [-0.25, -0.2) is 9.97 Å². The van der Waals surface area contributed by atoms with E-state index in [-0.39, 0.29) is 11.9 Å². The van der Waals surface area contributed by atoms with E-state index in [1.807, 2.05) is 18.2 Å². The van der Waals surface area contributed by atoms with Crippen LogP contribution < -0.4 is 20.1 Å². The molecule has 7 nitrogen and oxygen atoms in total. The molecule has 1 fully saturated rings. The average molecular weight is 370 g/mol. The first-order valence-corrected chi connectivity index (χ1v) is 9.31. The molecule has 1 aliphatic carbocycles. The first-order valence-electron chi connectivity index (χ1n) is 9.31. The predicted octanol–water partition coefficient (Wildman–Crippen LogP) is 3.69. The third-order valence-corrected chi connectivity index (χ3v) is 4.76. The number of amides is 1. The number of aromatic nitrogens is 2. The summed E-state index contributed by atoms with van der Waals surface area (Å²) in [5.74, 6) is 1.70. The van der Waals surface area contributed by atoms with E-state index in [2.05, 4.69) is 20.6 Å². The van der Waals surface area contributed by atoms with Crippen molar-refractivity contribution in [2.75, 3.05) is 19.5 Å². The van der Waals surface area contributed by atoms with Gasteiger partial charge in [-0.2, -0.15) is 0 Å². The second kappa shape index (κ2) is 9.21. The van der Waals surface area contributed by atoms with Crippen LogP contribution in [0.1, 0.15) is 49.0 Å². The van der Waals surface area contributed by atoms with Crippen LogP contribution in [-0.4, -0.2) is 36.1 Å². The van der Waals surface area contributed by atoms with Gasteiger partial charge in [0.2, 0.25) is 0 Å². The highest BCUT2D eigenvalue weighted by Crippen LogP contribution is 2.31. The van der Waals surface area contributed by atoms with Crippen LogP contribution in [0.25, 0.3) is 0 Å². The molecule has 27 heavy (non-hydrogen) atoms. The average Bonchev–Trinajstić information content (AvgIpc) is 2.96. The van der Waals surface area contributed by atoms with Crippen LogP contribution in [0.3, 0.4) is 0 Å². The third kappa shape index (κ3) is 5.09. The molecule has 0 radical (unpaired) electrons. The smallest absolute Gasteiger partial charge is 0.270 e. The summed E-state index contributed by atoms with van der Waals surface area (Å²) < 4.78 is 10.6. The fourth-order valence-corrected chi connectivity index (χ4v) is 3.28. The van der Waals surface area contributed by atoms with Gasteiger partial charge in [0.15, 0.2) is 0 Å². The summed E-state index contributed by atoms with van der Waals surface area (Å²) in [6.45, 7) is 0. The maximum Gasteiger partial charge on any atom is 0.270 e. The van der Waals surface area contributed by atoms with Gasteiger partial charge in [-0.1, -0.05) is 25.7 Å². The topological polar surface area (TPSA) is 85.4 Å². The minimum absolute atomic E-state index is 0.162. The number of ether oxygens (including phenoxy) is 2. The lowest BCUT2D eigenvalue weighted by atomic mass is 10.1. The summed E-state index contributed by atoms with van der Waals surface area (Å²) >= 11 is 0. The molecule has 1 aromatic carbocycles. The molecule has 1 saturated carbocycles. The van der Waals surface area contributed by atoms with E-state index in [1.165, 1.54) is 19.2 Å². The van der Waals surface area contributed by atoms with E-state index in [4.69, 9.17) is 9.47 Å². The summed E-state index contributed by atoms with van der Waals surface area (Å²) in [6.07, 6.45) is 8.27. The lowest BCUT2D eigenvalue weighted by molar-refractivity contribution is 0.0928. The molecule has 0 spiro atoms. The molecule has 1 amide bonds. The van der Waals surface area contributed by atoms with Crippen molar-refractivity contribution in [3.8, 4) is 11.5 Å². The number of anilines is 2. The van der Waals surface area contributed by atoms with Gasteiger partial charge in [0.1, 0.15) is 29.3 Å². The zero-order valence-corrected chi connectivity index (χ0v) is 15.8. The Kier molecular flexibility index (Phi) is 6.46. The highest BCUT2D eigenvalue weighted by atomic mass is 16.5. The summed E-state index contributed by atoms with van der Waals surface area (Å²) in [7, 11) is 3.20. The predicted molar refractivity (Wildman–Crippen MR) is 104 cm³/mol. The second-order valence-corrected chi connectivity index (χ2v) is 6.64. The maximum atomic E-state index is 12.6. The number of carbonyl (C=O) groups is 1. The molecule has 1 heterocycles. The fourth-order valence-electron chi connectivity index (χ4n) is 3.28. The van der Waals surface area contributed by atoms with Crippen LogP contribution in [0.15, 0.2) is 30.6 Å². The van der Waals surface area contributed by atoms with E-state index in [0.717, 1.165) is 25.7 Å². The van der Waals surface area contributed by atoms with E-state index in [9.17, 15) is 4.79 Å². The number of hydrogen-bond donors (Lipinski definition) is 2. The maximum absolute atomic E-state index is 12.6. The van der Waals surface area contributed by atoms with Gasteiger partial charge in [0.25, 0.3) is 5.91 Å². The Balaban J connectivity index is 1.72. The van der Waals surface area contributed by atoms with Crippen molar-refractivity contribution in [1.82, 2.24) is 15.3 Å². The molecule has 0 unspecified atom stereocenters. The number of hydrogen-bond acceptors (Lipinski definition) is 6. The molecule has 0 bridgehead atoms. The van der Waals surface area contributed by atoms with Gasteiger partial charge in [0.05, 0.1) is 19.9 Å². The molecule has 0 saturated heterocycles. The van der Waals surface area contributed by atoms with Crippen molar-refractivity contribution in [2.24, 2.45) is 0 Å². The number of benzene rings is 1. The number of nitrogens with zero attached hydrogens (tertiary/aromatic N) is 2. The lowest BCUT2D eigenvalue weighted by Crippen LogP contribution is -2.34. The first-order chi connectivity index (χ1) is 13.2. The first kappa shape index (κ1) is 18.9. The molecular weight excluding hydrogens is 344 g/mol. The number of rotatable bonds is 6. The molecule has 7 heteroatoms. The summed E-state index contributed by atoms with van der Waals surface area (Å²) in [5, 5.41) is 6.28.